The van der Waals surface area contributed by atoms with Crippen LogP contribution in [-0.4, -0.2) is 34.9 Å². The molecule has 1 aromatic carbocycles. The molecule has 1 aromatic heterocycles. The second-order valence-electron chi connectivity index (χ2n) is 5.81. The van der Waals surface area contributed by atoms with E-state index in [1.807, 2.05) is 18.7 Å². The Morgan fingerprint density at radius 1 is 1.12 bits per heavy atom. The Morgan fingerprint density at radius 3 is 2.31 bits per heavy atom. The summed E-state index contributed by atoms with van der Waals surface area (Å²) in [6.45, 7) is 7.20. The smallest absolute Gasteiger partial charge is 0.325 e. The average Bonchev–Trinajstić information content (AvgIpc) is 2.96. The van der Waals surface area contributed by atoms with Crippen molar-refractivity contribution in [2.45, 2.75) is 33.6 Å². The first-order valence-electron chi connectivity index (χ1n) is 8.54. The van der Waals surface area contributed by atoms with Gasteiger partial charge in [0, 0.05) is 18.8 Å². The molecule has 0 bridgehead atoms. The van der Waals surface area contributed by atoms with E-state index in [0.29, 0.717) is 34.5 Å². The predicted molar refractivity (Wildman–Crippen MR) is 102 cm³/mol. The third-order valence-electron chi connectivity index (χ3n) is 3.59. The molecule has 6 nitrogen and oxygen atoms in total. The van der Waals surface area contributed by atoms with Gasteiger partial charge in [-0.05, 0) is 44.0 Å². The van der Waals surface area contributed by atoms with Crippen LogP contribution in [0.3, 0.4) is 0 Å². The minimum Gasteiger partial charge on any atom is -0.338 e. The molecule has 1 heterocycles. The van der Waals surface area contributed by atoms with Gasteiger partial charge in [0.05, 0.1) is 5.69 Å². The van der Waals surface area contributed by atoms with Gasteiger partial charge in [0.2, 0.25) is 0 Å². The fourth-order valence-electron chi connectivity index (χ4n) is 2.44. The second kappa shape index (κ2) is 9.28. The molecule has 0 spiro atoms. The molecule has 0 aliphatic heterocycles. The molecule has 2 N–H and O–H groups in total. The Kier molecular flexibility index (Phi) is 7.08. The molecule has 0 atom stereocenters. The highest BCUT2D eigenvalue weighted by molar-refractivity contribution is 7.17. The number of aryl methyl sites for hydroxylation is 1. The number of hydrogen-bond acceptors (Lipinski definition) is 4. The van der Waals surface area contributed by atoms with Crippen LogP contribution < -0.4 is 10.6 Å². The third-order valence-corrected chi connectivity index (χ3v) is 4.65. The fraction of sp³-hybridized carbons (Fsp3) is 0.389. The summed E-state index contributed by atoms with van der Waals surface area (Å²) in [4.78, 5) is 31.4. The maximum Gasteiger partial charge on any atom is 0.325 e. The van der Waals surface area contributed by atoms with Gasteiger partial charge < -0.3 is 10.2 Å². The Hall–Kier alpha value is -2.48. The number of urea groups is 1. The van der Waals surface area contributed by atoms with Gasteiger partial charge in [-0.25, -0.2) is 14.2 Å². The van der Waals surface area contributed by atoms with Crippen LogP contribution in [0.1, 0.15) is 42.1 Å². The number of anilines is 2. The first-order chi connectivity index (χ1) is 12.4. The Bertz CT molecular complexity index is 755. The van der Waals surface area contributed by atoms with Crippen LogP contribution in [0.15, 0.2) is 24.3 Å². The number of thiazole rings is 1. The number of carbonyl (C=O) groups is 2. The predicted octanol–water partition coefficient (Wildman–Crippen LogP) is 4.50. The molecule has 0 aliphatic rings. The minimum atomic E-state index is -0.497. The van der Waals surface area contributed by atoms with Crippen molar-refractivity contribution in [3.8, 4) is 0 Å². The summed E-state index contributed by atoms with van der Waals surface area (Å²) in [5, 5.41) is 5.56. The summed E-state index contributed by atoms with van der Waals surface area (Å²) in [5.41, 5.74) is 1.06. The molecule has 2 aromatic rings. The number of rotatable bonds is 7. The first kappa shape index (κ1) is 19.8. The summed E-state index contributed by atoms with van der Waals surface area (Å²) in [5.74, 6) is -0.436. The normalized spacial score (nSPS) is 10.5. The van der Waals surface area contributed by atoms with Crippen molar-refractivity contribution < 1.29 is 14.0 Å². The highest BCUT2D eigenvalue weighted by Crippen LogP contribution is 2.24. The van der Waals surface area contributed by atoms with Crippen LogP contribution in [0.25, 0.3) is 0 Å². The van der Waals surface area contributed by atoms with Crippen molar-refractivity contribution in [2.24, 2.45) is 0 Å². The summed E-state index contributed by atoms with van der Waals surface area (Å²) in [7, 11) is 0. The number of halogens is 1. The van der Waals surface area contributed by atoms with Gasteiger partial charge in [-0.15, -0.1) is 0 Å². The van der Waals surface area contributed by atoms with E-state index in [1.54, 1.807) is 6.92 Å². The quantitative estimate of drug-likeness (QED) is 0.745. The van der Waals surface area contributed by atoms with E-state index in [2.05, 4.69) is 15.6 Å². The molecule has 3 amide bonds. The maximum absolute atomic E-state index is 12.9. The molecule has 0 unspecified atom stereocenters. The highest BCUT2D eigenvalue weighted by Gasteiger charge is 2.21. The summed E-state index contributed by atoms with van der Waals surface area (Å²) in [6, 6.07) is 4.95. The van der Waals surface area contributed by atoms with Crippen LogP contribution >= 0.6 is 11.3 Å². The van der Waals surface area contributed by atoms with Crippen LogP contribution in [0, 0.1) is 12.7 Å². The molecule has 0 saturated heterocycles. The largest absolute Gasteiger partial charge is 0.338 e. The van der Waals surface area contributed by atoms with Gasteiger partial charge in [0.1, 0.15) is 10.7 Å². The monoisotopic (exact) mass is 378 g/mol. The molecule has 0 radical (unpaired) electrons. The zero-order chi connectivity index (χ0) is 19.1. The summed E-state index contributed by atoms with van der Waals surface area (Å²) in [6.07, 6.45) is 1.77. The topological polar surface area (TPSA) is 74.3 Å². The lowest BCUT2D eigenvalue weighted by Crippen LogP contribution is -2.32. The molecular weight excluding hydrogens is 355 g/mol. The standard InChI is InChI=1S/C18H23FN4O2S/c1-4-10-23(11-5-2)16(24)15-12(3)20-18(26-15)22-17(25)21-14-8-6-13(19)7-9-14/h6-9H,4-5,10-11H2,1-3H3,(H2,20,21,22,25). The molecule has 0 saturated carbocycles. The van der Waals surface area contributed by atoms with E-state index >= 15 is 0 Å². The summed E-state index contributed by atoms with van der Waals surface area (Å²) >= 11 is 1.15. The van der Waals surface area contributed by atoms with E-state index in [9.17, 15) is 14.0 Å². The zero-order valence-corrected chi connectivity index (χ0v) is 16.0. The maximum atomic E-state index is 12.9. The Balaban J connectivity index is 2.05. The van der Waals surface area contributed by atoms with Crippen molar-refractivity contribution >= 4 is 34.1 Å². The fourth-order valence-corrected chi connectivity index (χ4v) is 3.37. The Morgan fingerprint density at radius 2 is 1.73 bits per heavy atom. The van der Waals surface area contributed by atoms with Crippen LogP contribution in [-0.2, 0) is 0 Å². The molecule has 0 fully saturated rings. The van der Waals surface area contributed by atoms with Crippen LogP contribution in [0.5, 0.6) is 0 Å². The van der Waals surface area contributed by atoms with E-state index in [4.69, 9.17) is 0 Å². The van der Waals surface area contributed by atoms with Crippen molar-refractivity contribution in [1.82, 2.24) is 9.88 Å². The number of aromatic nitrogens is 1. The lowest BCUT2D eigenvalue weighted by molar-refractivity contribution is 0.0759. The molecule has 2 rings (SSSR count). The van der Waals surface area contributed by atoms with Crippen LogP contribution in [0.4, 0.5) is 20.0 Å². The molecular formula is C18H23FN4O2S. The summed E-state index contributed by atoms with van der Waals surface area (Å²) < 4.78 is 12.9. The highest BCUT2D eigenvalue weighted by atomic mass is 32.1. The molecule has 8 heteroatoms. The van der Waals surface area contributed by atoms with Crippen LogP contribution in [0.2, 0.25) is 0 Å². The van der Waals surface area contributed by atoms with E-state index in [0.717, 1.165) is 24.2 Å². The van der Waals surface area contributed by atoms with Crippen molar-refractivity contribution in [3.05, 3.63) is 40.7 Å². The number of hydrogen-bond donors (Lipinski definition) is 2. The molecule has 140 valence electrons. The minimum absolute atomic E-state index is 0.0595. The van der Waals surface area contributed by atoms with Gasteiger partial charge in [-0.3, -0.25) is 10.1 Å². The SMILES string of the molecule is CCCN(CCC)C(=O)c1sc(NC(=O)Nc2ccc(F)cc2)nc1C. The molecule has 26 heavy (non-hydrogen) atoms. The number of nitrogens with zero attached hydrogens (tertiary/aromatic N) is 2. The first-order valence-corrected chi connectivity index (χ1v) is 9.36. The number of carbonyl (C=O) groups excluding carboxylic acids is 2. The number of nitrogens with one attached hydrogen (secondary N) is 2. The number of benzene rings is 1. The van der Waals surface area contributed by atoms with Gasteiger partial charge in [0.15, 0.2) is 5.13 Å². The number of amides is 3. The van der Waals surface area contributed by atoms with Gasteiger partial charge in [-0.1, -0.05) is 25.2 Å². The Labute approximate surface area is 156 Å². The van der Waals surface area contributed by atoms with E-state index < -0.39 is 6.03 Å². The van der Waals surface area contributed by atoms with E-state index in [1.165, 1.54) is 24.3 Å². The van der Waals surface area contributed by atoms with Gasteiger partial charge >= 0.3 is 6.03 Å². The van der Waals surface area contributed by atoms with Crippen molar-refractivity contribution in [1.29, 1.82) is 0 Å². The van der Waals surface area contributed by atoms with Gasteiger partial charge in [0.25, 0.3) is 5.91 Å². The van der Waals surface area contributed by atoms with E-state index in [-0.39, 0.29) is 11.7 Å². The van der Waals surface area contributed by atoms with Crippen molar-refractivity contribution in [3.63, 3.8) is 0 Å². The van der Waals surface area contributed by atoms with Crippen molar-refractivity contribution in [2.75, 3.05) is 23.7 Å². The zero-order valence-electron chi connectivity index (χ0n) is 15.1. The lowest BCUT2D eigenvalue weighted by atomic mass is 10.3. The average molecular weight is 378 g/mol. The second-order valence-corrected chi connectivity index (χ2v) is 6.81. The third kappa shape index (κ3) is 5.26. The lowest BCUT2D eigenvalue weighted by Gasteiger charge is -2.20. The molecule has 0 aliphatic carbocycles. The van der Waals surface area contributed by atoms with Gasteiger partial charge in [-0.2, -0.15) is 0 Å².